The normalized spacial score (nSPS) is 41.4. The van der Waals surface area contributed by atoms with Crippen LogP contribution in [0.15, 0.2) is 0 Å². The van der Waals surface area contributed by atoms with Crippen LogP contribution in [-0.2, 0) is 76.1 Å². The Bertz CT molecular complexity index is 1670. The lowest BCUT2D eigenvalue weighted by Gasteiger charge is -2.51. The second kappa shape index (κ2) is 22.9. The topological polar surface area (TPSA) is 390 Å². The van der Waals surface area contributed by atoms with Gasteiger partial charge in [-0.2, -0.15) is 0 Å². The van der Waals surface area contributed by atoms with Gasteiger partial charge in [-0.15, -0.1) is 0 Å². The maximum atomic E-state index is 12.9. The second-order valence-electron chi connectivity index (χ2n) is 16.3. The third-order valence-electron chi connectivity index (χ3n) is 11.3. The fourth-order valence-corrected chi connectivity index (χ4v) is 8.34. The van der Waals surface area contributed by atoms with Crippen molar-refractivity contribution in [3.63, 3.8) is 0 Å². The van der Waals surface area contributed by atoms with Gasteiger partial charge in [0.2, 0.25) is 29.5 Å². The molecule has 0 radical (unpaired) electrons. The van der Waals surface area contributed by atoms with Crippen molar-refractivity contribution in [3.05, 3.63) is 0 Å². The molecule has 5 fully saturated rings. The Kier molecular flexibility index (Phi) is 18.5. The number of aliphatic hydroxyl groups is 6. The van der Waals surface area contributed by atoms with E-state index >= 15 is 0 Å². The fraction of sp³-hybridized carbons (Fsp3) is 0.842. The number of nitrogens with one attached hydrogen (secondary N) is 4. The minimum Gasteiger partial charge on any atom is -0.394 e. The molecule has 0 aromatic rings. The van der Waals surface area contributed by atoms with E-state index in [0.717, 1.165) is 20.8 Å². The predicted octanol–water partition coefficient (Wildman–Crippen LogP) is -7.62. The number of carbonyl (C=O) groups is 6. The molecule has 5 heterocycles. The number of aldehydes is 1. The average molecular weight is 940 g/mol. The molecule has 27 heteroatoms. The van der Waals surface area contributed by atoms with Gasteiger partial charge in [0.1, 0.15) is 116 Å². The first-order valence-electron chi connectivity index (χ1n) is 20.9. The van der Waals surface area contributed by atoms with Gasteiger partial charge in [0.05, 0.1) is 26.4 Å². The zero-order chi connectivity index (χ0) is 48.0. The van der Waals surface area contributed by atoms with E-state index in [9.17, 15) is 59.4 Å². The Morgan fingerprint density at radius 1 is 0.600 bits per heavy atom. The molecule has 370 valence electrons. The molecule has 5 aliphatic heterocycles. The Morgan fingerprint density at radius 3 is 1.57 bits per heavy atom. The van der Waals surface area contributed by atoms with Gasteiger partial charge in [0.25, 0.3) is 0 Å². The molecular formula is C38H61N5O22. The summed E-state index contributed by atoms with van der Waals surface area (Å²) in [7, 11) is 0. The summed E-state index contributed by atoms with van der Waals surface area (Å²) in [5.74, 6) is -3.63. The summed E-state index contributed by atoms with van der Waals surface area (Å²) in [5.41, 5.74) is 5.56. The first kappa shape index (κ1) is 52.4. The van der Waals surface area contributed by atoms with Crippen molar-refractivity contribution in [1.82, 2.24) is 21.3 Å². The monoisotopic (exact) mass is 939 g/mol. The number of hydrogen-bond acceptors (Lipinski definition) is 22. The lowest BCUT2D eigenvalue weighted by Crippen LogP contribution is -2.72. The molecular weight excluding hydrogens is 878 g/mol. The maximum absolute atomic E-state index is 12.9. The van der Waals surface area contributed by atoms with Crippen LogP contribution in [0.1, 0.15) is 41.5 Å². The number of fused-ring (bicyclic) bond motifs is 2. The molecule has 0 aromatic carbocycles. The molecule has 5 amide bonds. The smallest absolute Gasteiger partial charge is 0.246 e. The summed E-state index contributed by atoms with van der Waals surface area (Å²) in [6.45, 7) is 4.56. The number of nitrogens with two attached hydrogens (primary N) is 1. The third kappa shape index (κ3) is 12.3. The van der Waals surface area contributed by atoms with E-state index < -0.39 is 184 Å². The summed E-state index contributed by atoms with van der Waals surface area (Å²) in [6, 6.07) is -5.64. The van der Waals surface area contributed by atoms with Crippen LogP contribution in [0.3, 0.4) is 0 Å². The molecule has 2 bridgehead atoms. The highest BCUT2D eigenvalue weighted by Crippen LogP contribution is 2.38. The zero-order valence-corrected chi connectivity index (χ0v) is 36.4. The Hall–Kier alpha value is -3.62. The van der Waals surface area contributed by atoms with Crippen molar-refractivity contribution in [2.75, 3.05) is 26.4 Å². The van der Waals surface area contributed by atoms with Crippen LogP contribution in [0.4, 0.5) is 0 Å². The summed E-state index contributed by atoms with van der Waals surface area (Å²) in [6.07, 6.45) is -26.2. The minimum atomic E-state index is -1.87. The van der Waals surface area contributed by atoms with E-state index in [2.05, 4.69) is 21.3 Å². The molecule has 22 atom stereocenters. The fourth-order valence-electron chi connectivity index (χ4n) is 8.34. The van der Waals surface area contributed by atoms with Gasteiger partial charge in [-0.1, -0.05) is 0 Å². The first-order chi connectivity index (χ1) is 30.7. The van der Waals surface area contributed by atoms with Crippen LogP contribution in [0.5, 0.6) is 0 Å². The highest BCUT2D eigenvalue weighted by molar-refractivity contribution is 5.78. The van der Waals surface area contributed by atoms with Gasteiger partial charge in [0.15, 0.2) is 25.2 Å². The predicted molar refractivity (Wildman–Crippen MR) is 209 cm³/mol. The minimum absolute atomic E-state index is 0.0702. The molecule has 0 spiro atoms. The van der Waals surface area contributed by atoms with Crippen LogP contribution < -0.4 is 27.0 Å². The summed E-state index contributed by atoms with van der Waals surface area (Å²) < 4.78 is 60.7. The van der Waals surface area contributed by atoms with Crippen molar-refractivity contribution in [3.8, 4) is 0 Å². The van der Waals surface area contributed by atoms with E-state index in [4.69, 9.17) is 53.1 Å². The molecule has 5 aliphatic rings. The van der Waals surface area contributed by atoms with Crippen molar-refractivity contribution >= 4 is 35.8 Å². The first-order valence-corrected chi connectivity index (χ1v) is 20.9. The number of primary amides is 1. The Balaban J connectivity index is 1.49. The van der Waals surface area contributed by atoms with E-state index in [0.29, 0.717) is 6.29 Å². The lowest BCUT2D eigenvalue weighted by molar-refractivity contribution is -0.362. The SMILES string of the molecule is CC(=O)N[C@H]1[C@H](O[C@H]2[C@H](O[C@H](C)C=O)[C@@H](NC(C)=O)C3OC[C@@H]2O3)O[C@H](CO)[C@@H](O[C@@H]2O[C@H](CO)[C@@H](O[C@@H]3O[C@H](CO)[C@@H](O)[C@H](O)[C@H]3NC(C)=O)[C@H](O[C@H](C)C(N)=O)[C@H]2NC(C)=O)[C@@H]1O. The molecule has 0 saturated carbocycles. The quantitative estimate of drug-likeness (QED) is 0.0536. The average Bonchev–Trinajstić information content (AvgIpc) is 3.69. The van der Waals surface area contributed by atoms with Gasteiger partial charge in [0, 0.05) is 27.7 Å². The van der Waals surface area contributed by atoms with Gasteiger partial charge >= 0.3 is 0 Å². The van der Waals surface area contributed by atoms with E-state index in [1.165, 1.54) is 20.8 Å². The number of ether oxygens (including phenoxy) is 10. The van der Waals surface area contributed by atoms with Gasteiger partial charge < -0.3 is 110 Å². The van der Waals surface area contributed by atoms with Gasteiger partial charge in [-0.05, 0) is 13.8 Å². The molecule has 65 heavy (non-hydrogen) atoms. The van der Waals surface area contributed by atoms with E-state index in [1.54, 1.807) is 0 Å². The summed E-state index contributed by atoms with van der Waals surface area (Å²) in [4.78, 5) is 74.1. The van der Waals surface area contributed by atoms with Crippen LogP contribution >= 0.6 is 0 Å². The van der Waals surface area contributed by atoms with Crippen LogP contribution in [0.2, 0.25) is 0 Å². The van der Waals surface area contributed by atoms with Gasteiger partial charge in [-0.3, -0.25) is 24.0 Å². The van der Waals surface area contributed by atoms with Crippen molar-refractivity contribution in [1.29, 1.82) is 0 Å². The standard InChI is InChI=1S/C38H61N5O22/c1-12(7-44)57-32-24(42-16(5)50)35-56-11-21(62-35)31(32)65-37-23(41-15(4)49)28(54)29(19(9-46)60-37)63-38-25(43-17(6)51)33(58-13(2)34(39)55)30(20(10-47)61-38)64-36-22(40-14(3)48)27(53)26(52)18(8-45)59-36/h7,12-13,18-33,35-38,45-47,52-54H,8-11H2,1-6H3,(H2,39,55)(H,40,48)(H,41,49)(H,42,50)(H,43,51)/t12-,13-,18-,19-,20-,21+,22-,23-,24-,25-,26-,27-,28-,29-,30-,31-,32-,33-,35?,36+,37+,38+/m1/s1. The van der Waals surface area contributed by atoms with E-state index in [1.807, 2.05) is 0 Å². The van der Waals surface area contributed by atoms with Crippen LogP contribution in [0.25, 0.3) is 0 Å². The lowest BCUT2D eigenvalue weighted by atomic mass is 9.93. The molecule has 5 rings (SSSR count). The molecule has 27 nitrogen and oxygen atoms in total. The maximum Gasteiger partial charge on any atom is 0.246 e. The largest absolute Gasteiger partial charge is 0.394 e. The number of carbonyl (C=O) groups excluding carboxylic acids is 6. The number of hydrogen-bond donors (Lipinski definition) is 11. The highest BCUT2D eigenvalue weighted by atomic mass is 16.8. The molecule has 5 saturated heterocycles. The summed E-state index contributed by atoms with van der Waals surface area (Å²) in [5, 5.41) is 75.2. The Labute approximate surface area is 372 Å². The highest BCUT2D eigenvalue weighted by Gasteiger charge is 2.58. The number of rotatable bonds is 19. The van der Waals surface area contributed by atoms with Crippen molar-refractivity contribution < 1.29 is 107 Å². The zero-order valence-electron chi connectivity index (χ0n) is 36.4. The third-order valence-corrected chi connectivity index (χ3v) is 11.3. The second-order valence-corrected chi connectivity index (χ2v) is 16.3. The molecule has 1 unspecified atom stereocenters. The number of amides is 5. The van der Waals surface area contributed by atoms with Crippen molar-refractivity contribution in [2.45, 2.75) is 176 Å². The van der Waals surface area contributed by atoms with E-state index in [-0.39, 0.29) is 6.61 Å². The van der Waals surface area contributed by atoms with Crippen LogP contribution in [-0.4, -0.2) is 228 Å². The van der Waals surface area contributed by atoms with Gasteiger partial charge in [-0.25, -0.2) is 0 Å². The van der Waals surface area contributed by atoms with Crippen molar-refractivity contribution in [2.24, 2.45) is 5.73 Å². The van der Waals surface area contributed by atoms with Crippen LogP contribution in [0, 0.1) is 0 Å². The molecule has 0 aliphatic carbocycles. The summed E-state index contributed by atoms with van der Waals surface area (Å²) >= 11 is 0. The molecule has 0 aromatic heterocycles. The number of aliphatic hydroxyl groups excluding tert-OH is 6. The molecule has 12 N–H and O–H groups in total. The Morgan fingerprint density at radius 2 is 1.05 bits per heavy atom.